The number of fused-ring (bicyclic) bond motifs is 1. The van der Waals surface area contributed by atoms with Crippen LogP contribution in [-0.4, -0.2) is 62.0 Å². The van der Waals surface area contributed by atoms with E-state index in [4.69, 9.17) is 14.2 Å². The molecule has 8 heteroatoms. The van der Waals surface area contributed by atoms with Gasteiger partial charge in [-0.3, -0.25) is 14.6 Å². The highest BCUT2D eigenvalue weighted by Gasteiger charge is 2.27. The first-order chi connectivity index (χ1) is 17.2. The summed E-state index contributed by atoms with van der Waals surface area (Å²) in [7, 11) is 1.63. The van der Waals surface area contributed by atoms with Gasteiger partial charge in [-0.25, -0.2) is 0 Å². The molecule has 0 saturated carbocycles. The molecule has 6 nitrogen and oxygen atoms in total. The second-order valence-corrected chi connectivity index (χ2v) is 8.82. The molecule has 0 aromatic heterocycles. The molecule has 196 valence electrons. The smallest absolute Gasteiger partial charge is 0.231 e. The molecule has 2 heterocycles. The lowest BCUT2D eigenvalue weighted by molar-refractivity contribution is 0.101. The molecule has 1 saturated heterocycles. The monoisotopic (exact) mass is 542 g/mol. The summed E-state index contributed by atoms with van der Waals surface area (Å²) in [5, 5.41) is 0. The Morgan fingerprint density at radius 3 is 2.24 bits per heavy atom. The van der Waals surface area contributed by atoms with Crippen LogP contribution in [0.25, 0.3) is 6.08 Å². The van der Waals surface area contributed by atoms with Crippen LogP contribution in [0.4, 0.5) is 0 Å². The minimum atomic E-state index is -0.115. The van der Waals surface area contributed by atoms with E-state index in [0.717, 1.165) is 50.6 Å². The number of rotatable bonds is 8. The number of carbonyl (C=O) groups is 1. The van der Waals surface area contributed by atoms with Gasteiger partial charge in [0.25, 0.3) is 0 Å². The molecule has 2 aliphatic rings. The Bertz CT molecular complexity index is 1190. The van der Waals surface area contributed by atoms with Crippen molar-refractivity contribution in [3.05, 3.63) is 95.2 Å². The number of methoxy groups -OCH3 is 1. The van der Waals surface area contributed by atoms with Crippen molar-refractivity contribution in [2.75, 3.05) is 46.4 Å². The van der Waals surface area contributed by atoms with Gasteiger partial charge in [0, 0.05) is 45.3 Å². The minimum Gasteiger partial charge on any atom is -0.497 e. The zero-order valence-corrected chi connectivity index (χ0v) is 22.4. The Balaban J connectivity index is 0.00000190. The number of allylic oxidation sites excluding steroid dienone is 1. The highest BCUT2D eigenvalue weighted by molar-refractivity contribution is 6.14. The zero-order valence-electron chi connectivity index (χ0n) is 20.8. The molecule has 0 N–H and O–H groups in total. The Morgan fingerprint density at radius 2 is 1.54 bits per heavy atom. The maximum absolute atomic E-state index is 12.7. The number of piperazine rings is 1. The van der Waals surface area contributed by atoms with E-state index >= 15 is 0 Å². The normalized spacial score (nSPS) is 16.4. The first kappa shape index (κ1) is 28.5. The van der Waals surface area contributed by atoms with E-state index < -0.39 is 0 Å². The van der Waals surface area contributed by atoms with E-state index in [9.17, 15) is 4.79 Å². The fourth-order valence-corrected chi connectivity index (χ4v) is 4.41. The molecule has 1 fully saturated rings. The Labute approximate surface area is 230 Å². The molecule has 0 spiro atoms. The fraction of sp³-hybridized carbons (Fsp3) is 0.276. The van der Waals surface area contributed by atoms with Gasteiger partial charge >= 0.3 is 0 Å². The molecule has 0 atom stereocenters. The van der Waals surface area contributed by atoms with Gasteiger partial charge in [-0.15, -0.1) is 24.8 Å². The summed E-state index contributed by atoms with van der Waals surface area (Å²) >= 11 is 0. The molecule has 0 unspecified atom stereocenters. The molecule has 37 heavy (non-hydrogen) atoms. The molecule has 0 radical (unpaired) electrons. The van der Waals surface area contributed by atoms with E-state index in [1.807, 2.05) is 30.3 Å². The SMILES string of the molecule is COc1ccc(C=C2Oc3cc(OCCN4CCN(Cc5ccccc5)CC4)ccc3C2=O)cc1.Cl.Cl. The van der Waals surface area contributed by atoms with Crippen molar-refractivity contribution in [2.24, 2.45) is 0 Å². The average molecular weight is 543 g/mol. The van der Waals surface area contributed by atoms with Gasteiger partial charge < -0.3 is 14.2 Å². The van der Waals surface area contributed by atoms with Crippen LogP contribution in [-0.2, 0) is 6.54 Å². The predicted octanol–water partition coefficient (Wildman–Crippen LogP) is 5.35. The van der Waals surface area contributed by atoms with Gasteiger partial charge in [-0.1, -0.05) is 42.5 Å². The third kappa shape index (κ3) is 7.27. The van der Waals surface area contributed by atoms with Crippen molar-refractivity contribution in [2.45, 2.75) is 6.54 Å². The first-order valence-electron chi connectivity index (χ1n) is 12.0. The topological polar surface area (TPSA) is 51.2 Å². The van der Waals surface area contributed by atoms with E-state index in [-0.39, 0.29) is 30.6 Å². The lowest BCUT2D eigenvalue weighted by Crippen LogP contribution is -2.47. The van der Waals surface area contributed by atoms with Crippen LogP contribution in [0.1, 0.15) is 21.5 Å². The quantitative estimate of drug-likeness (QED) is 0.357. The number of nitrogens with zero attached hydrogens (tertiary/aromatic N) is 2. The predicted molar refractivity (Wildman–Crippen MR) is 151 cm³/mol. The molecular formula is C29H32Cl2N2O4. The summed E-state index contributed by atoms with van der Waals surface area (Å²) in [6.07, 6.45) is 1.75. The molecule has 0 aliphatic carbocycles. The summed E-state index contributed by atoms with van der Waals surface area (Å²) in [6.45, 7) is 6.68. The van der Waals surface area contributed by atoms with Crippen molar-refractivity contribution >= 4 is 36.7 Å². The summed E-state index contributed by atoms with van der Waals surface area (Å²) in [5.41, 5.74) is 2.80. The van der Waals surface area contributed by atoms with Crippen LogP contribution in [0.3, 0.4) is 0 Å². The Morgan fingerprint density at radius 1 is 0.865 bits per heavy atom. The van der Waals surface area contributed by atoms with Gasteiger partial charge in [-0.05, 0) is 41.5 Å². The third-order valence-corrected chi connectivity index (χ3v) is 6.45. The van der Waals surface area contributed by atoms with Crippen LogP contribution in [0.15, 0.2) is 78.6 Å². The maximum Gasteiger partial charge on any atom is 0.231 e. The molecule has 0 amide bonds. The zero-order chi connectivity index (χ0) is 24.0. The van der Waals surface area contributed by atoms with E-state index in [0.29, 0.717) is 29.4 Å². The van der Waals surface area contributed by atoms with Gasteiger partial charge in [0.05, 0.1) is 12.7 Å². The van der Waals surface area contributed by atoms with Gasteiger partial charge in [0.1, 0.15) is 23.9 Å². The van der Waals surface area contributed by atoms with Gasteiger partial charge in [0.2, 0.25) is 5.78 Å². The minimum absolute atomic E-state index is 0. The Kier molecular flexibility index (Phi) is 10.4. The standard InChI is InChI=1S/C29H30N2O4.2ClH/c1-33-24-9-7-22(8-10-24)19-28-29(32)26-12-11-25(20-27(26)35-28)34-18-17-30-13-15-31(16-14-30)21-23-5-3-2-4-6-23;;/h2-12,19-20H,13-18,21H2,1H3;2*1H. The van der Waals surface area contributed by atoms with Crippen molar-refractivity contribution < 1.29 is 19.0 Å². The van der Waals surface area contributed by atoms with Crippen LogP contribution in [0.5, 0.6) is 17.2 Å². The number of halogens is 2. The largest absolute Gasteiger partial charge is 0.497 e. The lowest BCUT2D eigenvalue weighted by atomic mass is 10.1. The third-order valence-electron chi connectivity index (χ3n) is 6.45. The van der Waals surface area contributed by atoms with Crippen LogP contribution >= 0.6 is 24.8 Å². The molecule has 2 aliphatic heterocycles. The number of ether oxygens (including phenoxy) is 3. The van der Waals surface area contributed by atoms with Crippen LogP contribution in [0, 0.1) is 0 Å². The molecule has 5 rings (SSSR count). The fourth-order valence-electron chi connectivity index (χ4n) is 4.41. The average Bonchev–Trinajstić information content (AvgIpc) is 3.20. The van der Waals surface area contributed by atoms with Crippen molar-refractivity contribution in [3.63, 3.8) is 0 Å². The van der Waals surface area contributed by atoms with Crippen LogP contribution in [0.2, 0.25) is 0 Å². The van der Waals surface area contributed by atoms with Crippen molar-refractivity contribution in [1.29, 1.82) is 0 Å². The molecule has 3 aromatic rings. The number of hydrogen-bond acceptors (Lipinski definition) is 6. The number of hydrogen-bond donors (Lipinski definition) is 0. The van der Waals surface area contributed by atoms with Gasteiger partial charge in [0.15, 0.2) is 5.76 Å². The van der Waals surface area contributed by atoms with E-state index in [1.54, 1.807) is 25.3 Å². The summed E-state index contributed by atoms with van der Waals surface area (Å²) in [4.78, 5) is 17.7. The number of ketones is 1. The maximum atomic E-state index is 12.7. The Hall–Kier alpha value is -3.03. The highest BCUT2D eigenvalue weighted by atomic mass is 35.5. The second kappa shape index (κ2) is 13.5. The number of carbonyl (C=O) groups excluding carboxylic acids is 1. The molecular weight excluding hydrogens is 511 g/mol. The van der Waals surface area contributed by atoms with Crippen LogP contribution < -0.4 is 14.2 Å². The van der Waals surface area contributed by atoms with Crippen molar-refractivity contribution in [3.8, 4) is 17.2 Å². The number of Topliss-reactive ketones (excluding diaryl/α,β-unsaturated/α-hetero) is 1. The molecule has 0 bridgehead atoms. The van der Waals surface area contributed by atoms with E-state index in [2.05, 4.69) is 40.1 Å². The van der Waals surface area contributed by atoms with E-state index in [1.165, 1.54) is 5.56 Å². The second-order valence-electron chi connectivity index (χ2n) is 8.82. The highest BCUT2D eigenvalue weighted by Crippen LogP contribution is 2.35. The lowest BCUT2D eigenvalue weighted by Gasteiger charge is -2.34. The van der Waals surface area contributed by atoms with Crippen molar-refractivity contribution in [1.82, 2.24) is 9.80 Å². The number of benzene rings is 3. The summed E-state index contributed by atoms with van der Waals surface area (Å²) in [5.74, 6) is 2.23. The molecule has 3 aromatic carbocycles. The van der Waals surface area contributed by atoms with Gasteiger partial charge in [-0.2, -0.15) is 0 Å². The summed E-state index contributed by atoms with van der Waals surface area (Å²) < 4.78 is 17.0. The first-order valence-corrected chi connectivity index (χ1v) is 12.0. The summed E-state index contributed by atoms with van der Waals surface area (Å²) in [6, 6.07) is 23.5.